The quantitative estimate of drug-likeness (QED) is 0.695. The molecule has 0 atom stereocenters. The molecule has 0 N–H and O–H groups in total. The molecular weight excluding hydrogens is 230 g/mol. The number of benzene rings is 2. The average molecular weight is 247 g/mol. The van der Waals surface area contributed by atoms with Crippen LogP contribution in [0.15, 0.2) is 48.5 Å². The standard InChI is InChI=1S/C18H17N/c1-2-3-12-19-13-15-8-4-6-10-17(15)18-11-7-5-9-16(18)14-19/h4-11H,12-14H2,1H3. The van der Waals surface area contributed by atoms with E-state index in [2.05, 4.69) is 65.3 Å². The van der Waals surface area contributed by atoms with Crippen LogP contribution < -0.4 is 0 Å². The van der Waals surface area contributed by atoms with Gasteiger partial charge in [-0.05, 0) is 29.2 Å². The molecule has 1 aliphatic heterocycles. The summed E-state index contributed by atoms with van der Waals surface area (Å²) in [5.41, 5.74) is 5.52. The van der Waals surface area contributed by atoms with Crippen LogP contribution in [-0.4, -0.2) is 11.4 Å². The minimum atomic E-state index is 0.833. The molecule has 0 saturated carbocycles. The van der Waals surface area contributed by atoms with Gasteiger partial charge in [0.2, 0.25) is 0 Å². The summed E-state index contributed by atoms with van der Waals surface area (Å²) in [6.07, 6.45) is 0. The van der Waals surface area contributed by atoms with Crippen LogP contribution in [0.1, 0.15) is 18.1 Å². The Morgan fingerprint density at radius 3 is 1.95 bits per heavy atom. The van der Waals surface area contributed by atoms with Crippen LogP contribution in [-0.2, 0) is 13.1 Å². The van der Waals surface area contributed by atoms with Crippen LogP contribution >= 0.6 is 0 Å². The van der Waals surface area contributed by atoms with Crippen LogP contribution in [0.2, 0.25) is 0 Å². The lowest BCUT2D eigenvalue weighted by Gasteiger charge is -2.17. The van der Waals surface area contributed by atoms with Gasteiger partial charge < -0.3 is 0 Å². The van der Waals surface area contributed by atoms with Crippen LogP contribution in [0, 0.1) is 11.8 Å². The summed E-state index contributed by atoms with van der Waals surface area (Å²) in [5, 5.41) is 0. The van der Waals surface area contributed by atoms with E-state index in [-0.39, 0.29) is 0 Å². The van der Waals surface area contributed by atoms with Gasteiger partial charge in [0.1, 0.15) is 0 Å². The monoisotopic (exact) mass is 247 g/mol. The third-order valence-electron chi connectivity index (χ3n) is 3.59. The molecule has 94 valence electrons. The zero-order valence-electron chi connectivity index (χ0n) is 11.2. The maximum absolute atomic E-state index is 3.18. The van der Waals surface area contributed by atoms with Crippen molar-refractivity contribution in [2.75, 3.05) is 6.54 Å². The summed E-state index contributed by atoms with van der Waals surface area (Å²) in [6.45, 7) is 4.68. The first-order valence-electron chi connectivity index (χ1n) is 6.66. The molecular formula is C18H17N. The van der Waals surface area contributed by atoms with E-state index < -0.39 is 0 Å². The van der Waals surface area contributed by atoms with Crippen LogP contribution in [0.4, 0.5) is 0 Å². The highest BCUT2D eigenvalue weighted by atomic mass is 15.1. The van der Waals surface area contributed by atoms with Gasteiger partial charge in [-0.15, -0.1) is 5.92 Å². The molecule has 0 bridgehead atoms. The summed E-state index contributed by atoms with van der Waals surface area (Å²) in [4.78, 5) is 2.40. The van der Waals surface area contributed by atoms with E-state index in [1.807, 2.05) is 6.92 Å². The minimum absolute atomic E-state index is 0.833. The van der Waals surface area contributed by atoms with Crippen LogP contribution in [0.25, 0.3) is 11.1 Å². The third kappa shape index (κ3) is 2.41. The maximum atomic E-state index is 3.18. The Hall–Kier alpha value is -2.04. The van der Waals surface area contributed by atoms with E-state index in [4.69, 9.17) is 0 Å². The molecule has 19 heavy (non-hydrogen) atoms. The highest BCUT2D eigenvalue weighted by molar-refractivity contribution is 5.71. The third-order valence-corrected chi connectivity index (χ3v) is 3.59. The highest BCUT2D eigenvalue weighted by Gasteiger charge is 2.17. The number of nitrogens with zero attached hydrogens (tertiary/aromatic N) is 1. The van der Waals surface area contributed by atoms with Crippen molar-refractivity contribution >= 4 is 0 Å². The molecule has 0 radical (unpaired) electrons. The number of fused-ring (bicyclic) bond motifs is 3. The van der Waals surface area contributed by atoms with Gasteiger partial charge in [-0.2, -0.15) is 0 Å². The fourth-order valence-electron chi connectivity index (χ4n) is 2.68. The molecule has 2 aromatic rings. The highest BCUT2D eigenvalue weighted by Crippen LogP contribution is 2.31. The van der Waals surface area contributed by atoms with Crippen molar-refractivity contribution in [3.8, 4) is 23.0 Å². The van der Waals surface area contributed by atoms with E-state index >= 15 is 0 Å². The van der Waals surface area contributed by atoms with Gasteiger partial charge in [-0.3, -0.25) is 4.90 Å². The Bertz CT molecular complexity index is 598. The van der Waals surface area contributed by atoms with Crippen LogP contribution in [0.5, 0.6) is 0 Å². The first kappa shape index (κ1) is 12.0. The molecule has 1 heteroatoms. The molecule has 0 fully saturated rings. The molecule has 0 aromatic heterocycles. The van der Waals surface area contributed by atoms with Crippen molar-refractivity contribution < 1.29 is 0 Å². The summed E-state index contributed by atoms with van der Waals surface area (Å²) in [7, 11) is 0. The number of rotatable bonds is 1. The summed E-state index contributed by atoms with van der Waals surface area (Å²) in [5.74, 6) is 6.17. The fraction of sp³-hybridized carbons (Fsp3) is 0.222. The predicted molar refractivity (Wildman–Crippen MR) is 79.4 cm³/mol. The van der Waals surface area contributed by atoms with Crippen molar-refractivity contribution in [1.82, 2.24) is 4.90 Å². The van der Waals surface area contributed by atoms with E-state index in [9.17, 15) is 0 Å². The van der Waals surface area contributed by atoms with E-state index in [0.717, 1.165) is 19.6 Å². The van der Waals surface area contributed by atoms with Crippen LogP contribution in [0.3, 0.4) is 0 Å². The SMILES string of the molecule is CC#CCN1Cc2ccccc2-c2ccccc2C1. The Kier molecular flexibility index (Phi) is 3.35. The second kappa shape index (κ2) is 5.30. The van der Waals surface area contributed by atoms with Gasteiger partial charge in [0, 0.05) is 13.1 Å². The smallest absolute Gasteiger partial charge is 0.0607 e. The normalized spacial score (nSPS) is 13.7. The van der Waals surface area contributed by atoms with E-state index in [1.165, 1.54) is 22.3 Å². The van der Waals surface area contributed by atoms with Crippen molar-refractivity contribution in [3.63, 3.8) is 0 Å². The zero-order valence-corrected chi connectivity index (χ0v) is 11.2. The second-order valence-corrected chi connectivity index (χ2v) is 4.89. The maximum Gasteiger partial charge on any atom is 0.0607 e. The second-order valence-electron chi connectivity index (χ2n) is 4.89. The van der Waals surface area contributed by atoms with Crippen molar-refractivity contribution in [1.29, 1.82) is 0 Å². The molecule has 3 rings (SSSR count). The van der Waals surface area contributed by atoms with Gasteiger partial charge in [0.25, 0.3) is 0 Å². The molecule has 0 amide bonds. The lowest BCUT2D eigenvalue weighted by Crippen LogP contribution is -2.22. The van der Waals surface area contributed by atoms with Gasteiger partial charge in [-0.25, -0.2) is 0 Å². The fourth-order valence-corrected chi connectivity index (χ4v) is 2.68. The largest absolute Gasteiger partial charge is 0.284 e. The van der Waals surface area contributed by atoms with E-state index in [1.54, 1.807) is 0 Å². The Morgan fingerprint density at radius 1 is 0.895 bits per heavy atom. The summed E-state index contributed by atoms with van der Waals surface area (Å²) in [6, 6.07) is 17.4. The molecule has 0 aliphatic carbocycles. The van der Waals surface area contributed by atoms with E-state index in [0.29, 0.717) is 0 Å². The molecule has 1 aliphatic rings. The number of hydrogen-bond donors (Lipinski definition) is 0. The summed E-state index contributed by atoms with van der Waals surface area (Å²) >= 11 is 0. The first-order chi connectivity index (χ1) is 9.38. The topological polar surface area (TPSA) is 3.24 Å². The minimum Gasteiger partial charge on any atom is -0.284 e. The molecule has 0 spiro atoms. The van der Waals surface area contributed by atoms with Crippen molar-refractivity contribution in [3.05, 3.63) is 59.7 Å². The Morgan fingerprint density at radius 2 is 1.42 bits per heavy atom. The van der Waals surface area contributed by atoms with Gasteiger partial charge in [0.05, 0.1) is 6.54 Å². The molecule has 0 unspecified atom stereocenters. The summed E-state index contributed by atoms with van der Waals surface area (Å²) < 4.78 is 0. The van der Waals surface area contributed by atoms with Gasteiger partial charge >= 0.3 is 0 Å². The van der Waals surface area contributed by atoms with Gasteiger partial charge in [-0.1, -0.05) is 54.5 Å². The molecule has 1 nitrogen and oxygen atoms in total. The first-order valence-corrected chi connectivity index (χ1v) is 6.66. The van der Waals surface area contributed by atoms with Crippen molar-refractivity contribution in [2.24, 2.45) is 0 Å². The zero-order chi connectivity index (χ0) is 13.1. The van der Waals surface area contributed by atoms with Crippen molar-refractivity contribution in [2.45, 2.75) is 20.0 Å². The Balaban J connectivity index is 2.09. The average Bonchev–Trinajstić information content (AvgIpc) is 2.61. The molecule has 1 heterocycles. The molecule has 0 saturated heterocycles. The molecule has 2 aromatic carbocycles. The predicted octanol–water partition coefficient (Wildman–Crippen LogP) is 3.69. The van der Waals surface area contributed by atoms with Gasteiger partial charge in [0.15, 0.2) is 0 Å². The Labute approximate surface area is 114 Å². The number of hydrogen-bond acceptors (Lipinski definition) is 1. The lowest BCUT2D eigenvalue weighted by atomic mass is 9.97. The lowest BCUT2D eigenvalue weighted by molar-refractivity contribution is 0.294.